The Hall–Kier alpha value is -11.1. The maximum absolute atomic E-state index is 10.8. The predicted octanol–water partition coefficient (Wildman–Crippen LogP) is 21.7. The molecule has 0 aromatic heterocycles. The third-order valence-corrected chi connectivity index (χ3v) is 18.6. The number of hydrogen-bond acceptors (Lipinski definition) is 4. The van der Waals surface area contributed by atoms with Crippen molar-refractivity contribution in [2.45, 2.75) is 12.3 Å². The van der Waals surface area contributed by atoms with Gasteiger partial charge >= 0.3 is 0 Å². The molecule has 0 heterocycles. The lowest BCUT2D eigenvalue weighted by atomic mass is 9.68. The quantitative estimate of drug-likeness (QED) is 0.0892. The van der Waals surface area contributed by atoms with Gasteiger partial charge in [-0.15, -0.1) is 0 Å². The highest BCUT2D eigenvalue weighted by Gasteiger charge is 2.36. The molecule has 0 bridgehead atoms. The molecule has 0 aliphatic rings. The summed E-state index contributed by atoms with van der Waals surface area (Å²) >= 11 is 0. The van der Waals surface area contributed by atoms with E-state index in [0.29, 0.717) is 11.5 Å². The van der Waals surface area contributed by atoms with E-state index in [4.69, 9.17) is 9.47 Å². The summed E-state index contributed by atoms with van der Waals surface area (Å²) in [6.07, 6.45) is 0. The normalized spacial score (nSPS) is 11.6. The van der Waals surface area contributed by atoms with Crippen molar-refractivity contribution in [3.8, 4) is 101 Å². The summed E-state index contributed by atoms with van der Waals surface area (Å²) in [6.45, 7) is 2.16. The van der Waals surface area contributed by atoms with Crippen molar-refractivity contribution in [3.63, 3.8) is 0 Å². The topological polar surface area (TPSA) is 58.9 Å². The number of rotatable bonds is 17. The van der Waals surface area contributed by atoms with E-state index in [1.807, 2.05) is 0 Å². The molecule has 4 nitrogen and oxygen atoms in total. The SMILES string of the molecule is CC(c1ccccc1)(c1cc(-c2ccc(-c3ccccc3)c3ccccc23)c(OCCO)c(-c2ccc(-c3ccccc3)c3ccccc23)c1)c1cc(-c2ccc(-c3ccccc3)c3ccccc23)c(OCCO)c(-c2ccc(-c3ccccc3)c3ccccc23)c1. The highest BCUT2D eigenvalue weighted by Crippen LogP contribution is 2.54. The molecule has 0 amide bonds. The Balaban J connectivity index is 1.08. The fourth-order valence-corrected chi connectivity index (χ4v) is 14.1. The maximum atomic E-state index is 10.8. The van der Waals surface area contributed by atoms with E-state index in [1.165, 1.54) is 0 Å². The van der Waals surface area contributed by atoms with Crippen LogP contribution in [0.4, 0.5) is 0 Å². The predicted molar refractivity (Wildman–Crippen MR) is 384 cm³/mol. The van der Waals surface area contributed by atoms with Gasteiger partial charge in [0.25, 0.3) is 0 Å². The molecule has 15 rings (SSSR count). The highest BCUT2D eigenvalue weighted by atomic mass is 16.5. The van der Waals surface area contributed by atoms with Gasteiger partial charge < -0.3 is 19.7 Å². The molecule has 442 valence electrons. The number of fused-ring (bicyclic) bond motifs is 4. The monoisotopic (exact) mass is 1190 g/mol. The number of hydrogen-bond donors (Lipinski definition) is 2. The largest absolute Gasteiger partial charge is 0.490 e. The van der Waals surface area contributed by atoms with E-state index >= 15 is 0 Å². The summed E-state index contributed by atoms with van der Waals surface area (Å²) in [5, 5.41) is 30.4. The minimum atomic E-state index is -0.932. The van der Waals surface area contributed by atoms with E-state index < -0.39 is 5.41 Å². The van der Waals surface area contributed by atoms with Gasteiger partial charge in [0.05, 0.1) is 13.2 Å². The molecule has 2 N–H and O–H groups in total. The second-order valence-electron chi connectivity index (χ2n) is 23.7. The van der Waals surface area contributed by atoms with Crippen LogP contribution >= 0.6 is 0 Å². The molecule has 92 heavy (non-hydrogen) atoms. The van der Waals surface area contributed by atoms with Gasteiger partial charge in [0.1, 0.15) is 24.7 Å². The summed E-state index contributed by atoms with van der Waals surface area (Å²) in [7, 11) is 0. The lowest BCUT2D eigenvalue weighted by Gasteiger charge is -2.35. The van der Waals surface area contributed by atoms with Crippen LogP contribution in [0.2, 0.25) is 0 Å². The number of aliphatic hydroxyl groups is 2. The van der Waals surface area contributed by atoms with Crippen LogP contribution < -0.4 is 9.47 Å². The second-order valence-corrected chi connectivity index (χ2v) is 23.7. The van der Waals surface area contributed by atoms with E-state index in [2.05, 4.69) is 328 Å². The van der Waals surface area contributed by atoms with Crippen molar-refractivity contribution in [1.29, 1.82) is 0 Å². The molecule has 0 aliphatic carbocycles. The zero-order valence-corrected chi connectivity index (χ0v) is 51.1. The standard InChI is InChI=1S/C88H66O4/c1-88(63-33-15-6-16-34-63,64-55-82(78-47-43-66(59-25-7-2-8-26-59)70-35-17-21-39-74(70)78)86(91-53-51-89)83(56-64)79-48-44-67(60-27-9-3-10-28-60)71-36-18-22-40-75(71)79)65-57-84(80-49-45-68(61-29-11-4-12-30-61)72-37-19-23-41-76(72)80)87(92-54-52-90)85(58-65)81-50-46-69(62-31-13-5-14-32-62)73-38-20-24-42-77(73)81/h2-50,55-58,89-90H,51-54H2,1H3. The summed E-state index contributed by atoms with van der Waals surface area (Å²) in [5.74, 6) is 1.36. The maximum Gasteiger partial charge on any atom is 0.135 e. The van der Waals surface area contributed by atoms with Gasteiger partial charge in [0.15, 0.2) is 0 Å². The Morgan fingerprint density at radius 3 is 0.674 bits per heavy atom. The van der Waals surface area contributed by atoms with Crippen molar-refractivity contribution < 1.29 is 19.7 Å². The van der Waals surface area contributed by atoms with E-state index in [-0.39, 0.29) is 26.4 Å². The lowest BCUT2D eigenvalue weighted by molar-refractivity contribution is 0.202. The van der Waals surface area contributed by atoms with Gasteiger partial charge in [0.2, 0.25) is 0 Å². The van der Waals surface area contributed by atoms with Gasteiger partial charge in [-0.3, -0.25) is 0 Å². The average molecular weight is 1190 g/mol. The molecule has 0 aliphatic heterocycles. The summed E-state index contributed by atoms with van der Waals surface area (Å²) in [4.78, 5) is 0. The highest BCUT2D eigenvalue weighted by molar-refractivity contribution is 6.12. The zero-order valence-electron chi connectivity index (χ0n) is 51.1. The second kappa shape index (κ2) is 25.0. The first-order valence-electron chi connectivity index (χ1n) is 31.7. The fraction of sp³-hybridized carbons (Fsp3) is 0.0682. The summed E-state index contributed by atoms with van der Waals surface area (Å²) < 4.78 is 14.2. The van der Waals surface area contributed by atoms with Crippen molar-refractivity contribution in [3.05, 3.63) is 338 Å². The van der Waals surface area contributed by atoms with Crippen LogP contribution in [-0.2, 0) is 5.41 Å². The minimum Gasteiger partial charge on any atom is -0.490 e. The van der Waals surface area contributed by atoms with Crippen LogP contribution in [0, 0.1) is 0 Å². The van der Waals surface area contributed by atoms with Gasteiger partial charge in [-0.25, -0.2) is 0 Å². The van der Waals surface area contributed by atoms with Crippen molar-refractivity contribution in [2.24, 2.45) is 0 Å². The van der Waals surface area contributed by atoms with Crippen molar-refractivity contribution in [2.75, 3.05) is 26.4 Å². The minimum absolute atomic E-state index is 0.0748. The molecule has 0 fully saturated rings. The number of ether oxygens (including phenoxy) is 2. The number of benzene rings is 15. The Morgan fingerprint density at radius 1 is 0.228 bits per heavy atom. The summed E-state index contributed by atoms with van der Waals surface area (Å²) in [5.41, 5.74) is 18.8. The van der Waals surface area contributed by atoms with E-state index in [1.54, 1.807) is 0 Å². The molecule has 0 saturated carbocycles. The molecule has 0 unspecified atom stereocenters. The lowest BCUT2D eigenvalue weighted by Crippen LogP contribution is -2.26. The van der Waals surface area contributed by atoms with Crippen molar-refractivity contribution >= 4 is 43.1 Å². The Labute approximate surface area is 537 Å². The van der Waals surface area contributed by atoms with Crippen LogP contribution in [0.1, 0.15) is 23.6 Å². The molecular weight excluding hydrogens is 1120 g/mol. The van der Waals surface area contributed by atoms with Gasteiger partial charge in [-0.2, -0.15) is 0 Å². The Kier molecular flexibility index (Phi) is 15.6. The van der Waals surface area contributed by atoms with Crippen molar-refractivity contribution in [1.82, 2.24) is 0 Å². The molecule has 15 aromatic rings. The first-order chi connectivity index (χ1) is 45.5. The molecule has 4 heteroatoms. The zero-order chi connectivity index (χ0) is 62.0. The van der Waals surface area contributed by atoms with Crippen LogP contribution in [0.5, 0.6) is 11.5 Å². The van der Waals surface area contributed by atoms with E-state index in [0.717, 1.165) is 149 Å². The molecule has 0 atom stereocenters. The van der Waals surface area contributed by atoms with Crippen LogP contribution in [0.25, 0.3) is 132 Å². The third-order valence-electron chi connectivity index (χ3n) is 18.6. The molecule has 0 radical (unpaired) electrons. The smallest absolute Gasteiger partial charge is 0.135 e. The van der Waals surface area contributed by atoms with Crippen LogP contribution in [0.3, 0.4) is 0 Å². The molecule has 0 spiro atoms. The third kappa shape index (κ3) is 10.4. The first-order valence-corrected chi connectivity index (χ1v) is 31.7. The fourth-order valence-electron chi connectivity index (χ4n) is 14.1. The Morgan fingerprint density at radius 2 is 0.435 bits per heavy atom. The van der Waals surface area contributed by atoms with Crippen LogP contribution in [0.15, 0.2) is 322 Å². The molecule has 0 saturated heterocycles. The summed E-state index contributed by atoms with van der Waals surface area (Å²) in [6, 6.07) is 116. The first kappa shape index (κ1) is 57.3. The molecular formula is C88H66O4. The van der Waals surface area contributed by atoms with Gasteiger partial charge in [-0.05, 0) is 158 Å². The number of aliphatic hydroxyl groups excluding tert-OH is 2. The van der Waals surface area contributed by atoms with Crippen LogP contribution in [-0.4, -0.2) is 36.6 Å². The van der Waals surface area contributed by atoms with E-state index in [9.17, 15) is 10.2 Å². The average Bonchev–Trinajstić information content (AvgIpc) is 0.772. The van der Waals surface area contributed by atoms with Gasteiger partial charge in [0, 0.05) is 27.7 Å². The van der Waals surface area contributed by atoms with Gasteiger partial charge in [-0.1, -0.05) is 297 Å². The molecule has 15 aromatic carbocycles. The Bertz CT molecular complexity index is 4590.